The van der Waals surface area contributed by atoms with Crippen LogP contribution in [-0.2, 0) is 0 Å². The molecular formula is C30H55N7O2-2. The van der Waals surface area contributed by atoms with Gasteiger partial charge in [-0.05, 0) is 121 Å². The van der Waals surface area contributed by atoms with Crippen molar-refractivity contribution in [3.8, 4) is 0 Å². The predicted octanol–water partition coefficient (Wildman–Crippen LogP) is 5.83. The van der Waals surface area contributed by atoms with E-state index in [4.69, 9.17) is 9.97 Å². The number of aryl methyl sites for hydroxylation is 2. The van der Waals surface area contributed by atoms with E-state index in [0.29, 0.717) is 6.04 Å². The van der Waals surface area contributed by atoms with Crippen LogP contribution in [0.15, 0.2) is 0 Å². The van der Waals surface area contributed by atoms with Crippen LogP contribution >= 0.6 is 0 Å². The van der Waals surface area contributed by atoms with Crippen LogP contribution in [0.2, 0.25) is 0 Å². The van der Waals surface area contributed by atoms with Gasteiger partial charge in [0.2, 0.25) is 5.95 Å². The van der Waals surface area contributed by atoms with Gasteiger partial charge in [0.25, 0.3) is 0 Å². The van der Waals surface area contributed by atoms with E-state index in [-0.39, 0.29) is 17.1 Å². The van der Waals surface area contributed by atoms with E-state index in [1.54, 1.807) is 0 Å². The molecule has 2 fully saturated rings. The van der Waals surface area contributed by atoms with Gasteiger partial charge in [-0.1, -0.05) is 12.8 Å². The van der Waals surface area contributed by atoms with Crippen molar-refractivity contribution in [3.63, 3.8) is 0 Å². The molecule has 0 bridgehead atoms. The zero-order valence-corrected chi connectivity index (χ0v) is 26.7. The van der Waals surface area contributed by atoms with Crippen molar-refractivity contribution in [2.24, 2.45) is 0 Å². The molecule has 0 aliphatic carbocycles. The fourth-order valence-corrected chi connectivity index (χ4v) is 7.31. The van der Waals surface area contributed by atoms with E-state index in [0.717, 1.165) is 82.1 Å². The summed E-state index contributed by atoms with van der Waals surface area (Å²) >= 11 is 0. The summed E-state index contributed by atoms with van der Waals surface area (Å²) in [5.74, 6) is 2.21. The van der Waals surface area contributed by atoms with Gasteiger partial charge in [-0.25, -0.2) is 4.98 Å². The molecule has 3 heterocycles. The summed E-state index contributed by atoms with van der Waals surface area (Å²) in [6, 6.07) is 0.635. The minimum Gasteiger partial charge on any atom is -0.784 e. The highest BCUT2D eigenvalue weighted by Gasteiger charge is 2.43. The van der Waals surface area contributed by atoms with Crippen molar-refractivity contribution in [2.45, 2.75) is 155 Å². The summed E-state index contributed by atoms with van der Waals surface area (Å²) in [7, 11) is 2.22. The Balaban J connectivity index is 1.58. The van der Waals surface area contributed by atoms with E-state index < -0.39 is 11.1 Å². The number of aromatic nitrogens is 3. The molecule has 0 radical (unpaired) electrons. The summed E-state index contributed by atoms with van der Waals surface area (Å²) in [6.07, 6.45) is 7.88. The van der Waals surface area contributed by atoms with Gasteiger partial charge in [0.05, 0.1) is 0 Å². The molecule has 0 amide bonds. The highest BCUT2D eigenvalue weighted by molar-refractivity contribution is 5.33. The maximum absolute atomic E-state index is 13.0. The smallest absolute Gasteiger partial charge is 0.229 e. The first-order valence-electron chi connectivity index (χ1n) is 15.0. The normalized spacial score (nSPS) is 23.8. The summed E-state index contributed by atoms with van der Waals surface area (Å²) in [4.78, 5) is 18.7. The molecule has 0 atom stereocenters. The molecule has 0 N–H and O–H groups in total. The molecule has 0 saturated carbocycles. The molecule has 0 spiro atoms. The molecule has 9 nitrogen and oxygen atoms in total. The third-order valence-corrected chi connectivity index (χ3v) is 8.97. The summed E-state index contributed by atoms with van der Waals surface area (Å²) < 4.78 is 0. The van der Waals surface area contributed by atoms with Crippen molar-refractivity contribution in [1.82, 2.24) is 30.0 Å². The molecule has 2 aliphatic heterocycles. The number of hydroxylamine groups is 4. The standard InChI is InChI=1S/C30H55N7O2/c1-22-31-23(2)33-26(32-22)35(25-20-29(7,8)37(39)30(9,10)21-25)17-15-13-12-14-16-34(11)24-18-27(3,4)36(38)28(5,6)19-24/h24-25H,12-21H2,1-11H3/q-2. The van der Waals surface area contributed by atoms with Crippen molar-refractivity contribution >= 4 is 5.95 Å². The van der Waals surface area contributed by atoms with Gasteiger partial charge in [-0.15, -0.1) is 0 Å². The Hall–Kier alpha value is -1.39. The van der Waals surface area contributed by atoms with Crippen molar-refractivity contribution in [2.75, 3.05) is 25.0 Å². The topological polar surface area (TPSA) is 97.8 Å². The van der Waals surface area contributed by atoms with Crippen molar-refractivity contribution in [3.05, 3.63) is 22.1 Å². The van der Waals surface area contributed by atoms with Crippen molar-refractivity contribution < 1.29 is 0 Å². The van der Waals surface area contributed by atoms with Crippen LogP contribution < -0.4 is 4.90 Å². The molecule has 1 aromatic rings. The van der Waals surface area contributed by atoms with Gasteiger partial charge >= 0.3 is 0 Å². The fourth-order valence-electron chi connectivity index (χ4n) is 7.31. The molecule has 1 aromatic heterocycles. The Morgan fingerprint density at radius 1 is 0.641 bits per heavy atom. The molecule has 2 aliphatic rings. The molecular weight excluding hydrogens is 490 g/mol. The van der Waals surface area contributed by atoms with Gasteiger partial charge in [-0.2, -0.15) is 9.97 Å². The maximum Gasteiger partial charge on any atom is 0.229 e. The SMILES string of the molecule is Cc1nc(C)nc(N(CCCCCCN(C)C2CC(C)(C)N([O-])C(C)(C)C2)C2CC(C)(C)N([O-])C(C)(C)C2)n1. The van der Waals surface area contributed by atoms with Gasteiger partial charge in [0.15, 0.2) is 0 Å². The van der Waals surface area contributed by atoms with Gasteiger partial charge in [-0.3, -0.25) is 0 Å². The Kier molecular flexibility index (Phi) is 9.76. The van der Waals surface area contributed by atoms with Crippen LogP contribution in [0.5, 0.6) is 0 Å². The average molecular weight is 546 g/mol. The van der Waals surface area contributed by atoms with Gasteiger partial charge in [0.1, 0.15) is 11.6 Å². The molecule has 224 valence electrons. The summed E-state index contributed by atoms with van der Waals surface area (Å²) in [5.41, 5.74) is -1.56. The number of piperidine rings is 2. The van der Waals surface area contributed by atoms with E-state index in [1.165, 1.54) is 10.1 Å². The number of rotatable bonds is 10. The van der Waals surface area contributed by atoms with Crippen LogP contribution in [0, 0.1) is 24.3 Å². The highest BCUT2D eigenvalue weighted by Crippen LogP contribution is 2.41. The number of unbranched alkanes of at least 4 members (excludes halogenated alkanes) is 3. The number of hydrogen-bond donors (Lipinski definition) is 0. The molecule has 2 saturated heterocycles. The lowest BCUT2D eigenvalue weighted by atomic mass is 9.78. The molecule has 0 aromatic carbocycles. The Morgan fingerprint density at radius 2 is 1.03 bits per heavy atom. The van der Waals surface area contributed by atoms with Crippen LogP contribution in [0.3, 0.4) is 0 Å². The summed E-state index contributed by atoms with van der Waals surface area (Å²) in [5, 5.41) is 28.3. The lowest BCUT2D eigenvalue weighted by Crippen LogP contribution is -2.62. The monoisotopic (exact) mass is 545 g/mol. The van der Waals surface area contributed by atoms with E-state index >= 15 is 0 Å². The second-order valence-electron chi connectivity index (χ2n) is 14.8. The predicted molar refractivity (Wildman–Crippen MR) is 161 cm³/mol. The molecule has 9 heteroatoms. The highest BCUT2D eigenvalue weighted by atomic mass is 16.5. The first-order valence-corrected chi connectivity index (χ1v) is 15.0. The maximum atomic E-state index is 13.0. The minimum atomic E-state index is -0.447. The van der Waals surface area contributed by atoms with E-state index in [2.05, 4.69) is 77.2 Å². The Bertz CT molecular complexity index is 908. The first kappa shape index (κ1) is 32.1. The van der Waals surface area contributed by atoms with E-state index in [9.17, 15) is 10.4 Å². The lowest BCUT2D eigenvalue weighted by Gasteiger charge is -2.61. The van der Waals surface area contributed by atoms with E-state index in [1.807, 2.05) is 13.8 Å². The fraction of sp³-hybridized carbons (Fsp3) is 0.900. The zero-order valence-electron chi connectivity index (χ0n) is 26.7. The average Bonchev–Trinajstić information content (AvgIpc) is 2.78. The zero-order chi connectivity index (χ0) is 29.4. The quantitative estimate of drug-likeness (QED) is 0.336. The second kappa shape index (κ2) is 11.8. The Labute approximate surface area is 237 Å². The third kappa shape index (κ3) is 7.67. The number of nitrogens with zero attached hydrogens (tertiary/aromatic N) is 7. The Morgan fingerprint density at radius 3 is 1.46 bits per heavy atom. The minimum absolute atomic E-state index is 0.200. The largest absolute Gasteiger partial charge is 0.784 e. The molecule has 0 unspecified atom stereocenters. The van der Waals surface area contributed by atoms with Crippen LogP contribution in [0.4, 0.5) is 5.95 Å². The first-order chi connectivity index (χ1) is 17.9. The third-order valence-electron chi connectivity index (χ3n) is 8.97. The second-order valence-corrected chi connectivity index (χ2v) is 14.8. The molecule has 39 heavy (non-hydrogen) atoms. The van der Waals surface area contributed by atoms with Gasteiger partial charge < -0.3 is 30.3 Å². The van der Waals surface area contributed by atoms with Crippen LogP contribution in [0.25, 0.3) is 0 Å². The number of hydrogen-bond acceptors (Lipinski definition) is 9. The summed E-state index contributed by atoms with van der Waals surface area (Å²) in [6.45, 7) is 22.3. The van der Waals surface area contributed by atoms with Gasteiger partial charge in [0, 0.05) is 40.8 Å². The number of anilines is 1. The van der Waals surface area contributed by atoms with Crippen LogP contribution in [0.1, 0.15) is 118 Å². The van der Waals surface area contributed by atoms with Crippen molar-refractivity contribution in [1.29, 1.82) is 0 Å². The molecule has 3 rings (SSSR count). The lowest BCUT2D eigenvalue weighted by molar-refractivity contribution is -0.0263. The van der Waals surface area contributed by atoms with Crippen LogP contribution in [-0.4, -0.2) is 84.4 Å².